The largest absolute Gasteiger partial charge is 0.491 e. The third kappa shape index (κ3) is 3.67. The predicted octanol–water partition coefficient (Wildman–Crippen LogP) is 0.714. The van der Waals surface area contributed by atoms with E-state index in [0.29, 0.717) is 24.4 Å². The molecule has 1 aromatic carbocycles. The van der Waals surface area contributed by atoms with Crippen molar-refractivity contribution in [2.75, 3.05) is 19.7 Å². The molecule has 1 N–H and O–H groups in total. The maximum atomic E-state index is 10.2. The lowest BCUT2D eigenvalue weighted by Gasteiger charge is -2.29. The van der Waals surface area contributed by atoms with Gasteiger partial charge in [0.15, 0.2) is 0 Å². The Morgan fingerprint density at radius 1 is 1.30 bits per heavy atom. The monoisotopic (exact) mass is 313 g/mol. The number of hydrogen-bond acceptors (Lipinski definition) is 6. The Morgan fingerprint density at radius 2 is 2.09 bits per heavy atom. The lowest BCUT2D eigenvalue weighted by Crippen LogP contribution is -2.40. The number of nitrogens with zero attached hydrogens (tertiary/aromatic N) is 5. The molecule has 1 atom stereocenters. The van der Waals surface area contributed by atoms with Crippen molar-refractivity contribution in [3.05, 3.63) is 41.5 Å². The van der Waals surface area contributed by atoms with Crippen LogP contribution in [0, 0.1) is 18.3 Å². The Labute approximate surface area is 134 Å². The van der Waals surface area contributed by atoms with Gasteiger partial charge in [0.1, 0.15) is 30.1 Å². The molecule has 0 fully saturated rings. The maximum Gasteiger partial charge on any atom is 0.147 e. The van der Waals surface area contributed by atoms with Crippen LogP contribution in [0.5, 0.6) is 5.75 Å². The second-order valence-electron chi connectivity index (χ2n) is 5.65. The number of aliphatic hydroxyl groups excluding tert-OH is 1. The highest BCUT2D eigenvalue weighted by Gasteiger charge is 2.21. The fraction of sp³-hybridized carbons (Fsp3) is 0.438. The van der Waals surface area contributed by atoms with Crippen molar-refractivity contribution in [1.82, 2.24) is 19.7 Å². The van der Waals surface area contributed by atoms with Crippen LogP contribution in [-0.4, -0.2) is 50.6 Å². The van der Waals surface area contributed by atoms with Gasteiger partial charge in [0.2, 0.25) is 0 Å². The van der Waals surface area contributed by atoms with Gasteiger partial charge in [-0.2, -0.15) is 5.26 Å². The minimum Gasteiger partial charge on any atom is -0.491 e. The van der Waals surface area contributed by atoms with Crippen molar-refractivity contribution in [3.8, 4) is 11.8 Å². The normalized spacial score (nSPS) is 15.7. The number of aromatic nitrogens is 3. The van der Waals surface area contributed by atoms with E-state index >= 15 is 0 Å². The topological polar surface area (TPSA) is 87.2 Å². The van der Waals surface area contributed by atoms with Crippen LogP contribution in [0.1, 0.15) is 17.2 Å². The van der Waals surface area contributed by atoms with Crippen molar-refractivity contribution < 1.29 is 9.84 Å². The number of hydrogen-bond donors (Lipinski definition) is 1. The predicted molar refractivity (Wildman–Crippen MR) is 82.7 cm³/mol. The first-order valence-electron chi connectivity index (χ1n) is 7.58. The van der Waals surface area contributed by atoms with Gasteiger partial charge in [-0.1, -0.05) is 0 Å². The first kappa shape index (κ1) is 15.5. The number of β-amino-alcohol motifs (C(OH)–C–C–N with tert-alkyl or cyclic N) is 1. The van der Waals surface area contributed by atoms with Gasteiger partial charge < -0.3 is 14.4 Å². The van der Waals surface area contributed by atoms with E-state index in [-0.39, 0.29) is 6.61 Å². The van der Waals surface area contributed by atoms with Gasteiger partial charge in [-0.05, 0) is 31.2 Å². The second kappa shape index (κ2) is 6.77. The summed E-state index contributed by atoms with van der Waals surface area (Å²) in [5, 5.41) is 27.1. The van der Waals surface area contributed by atoms with Crippen LogP contribution in [0.2, 0.25) is 0 Å². The summed E-state index contributed by atoms with van der Waals surface area (Å²) >= 11 is 0. The lowest BCUT2D eigenvalue weighted by molar-refractivity contribution is 0.0582. The average molecular weight is 313 g/mol. The van der Waals surface area contributed by atoms with Crippen LogP contribution in [0.15, 0.2) is 24.3 Å². The number of benzene rings is 1. The summed E-state index contributed by atoms with van der Waals surface area (Å²) in [6.45, 7) is 5.09. The molecule has 1 aromatic heterocycles. The first-order valence-corrected chi connectivity index (χ1v) is 7.58. The van der Waals surface area contributed by atoms with Crippen LogP contribution in [0.4, 0.5) is 0 Å². The third-order valence-electron chi connectivity index (χ3n) is 3.91. The van der Waals surface area contributed by atoms with E-state index < -0.39 is 6.10 Å². The fourth-order valence-electron chi connectivity index (χ4n) is 2.68. The van der Waals surface area contributed by atoms with Gasteiger partial charge in [-0.25, -0.2) is 0 Å². The standard InChI is InChI=1S/C16H19N5O2/c1-12-18-19-16-10-20(6-7-21(12)16)9-14(22)11-23-15-4-2-13(8-17)3-5-15/h2-5,14,22H,6-7,9-11H2,1H3/t14-/m0/s1. The Morgan fingerprint density at radius 3 is 2.83 bits per heavy atom. The van der Waals surface area contributed by atoms with Crippen LogP contribution < -0.4 is 4.74 Å². The molecule has 1 aliphatic rings. The third-order valence-corrected chi connectivity index (χ3v) is 3.91. The second-order valence-corrected chi connectivity index (χ2v) is 5.65. The van der Waals surface area contributed by atoms with E-state index in [0.717, 1.165) is 24.7 Å². The Kier molecular flexibility index (Phi) is 4.55. The molecular formula is C16H19N5O2. The Bertz CT molecular complexity index is 704. The van der Waals surface area contributed by atoms with E-state index in [1.54, 1.807) is 24.3 Å². The number of aryl methyl sites for hydroxylation is 1. The maximum absolute atomic E-state index is 10.2. The molecule has 1 aliphatic heterocycles. The fourth-order valence-corrected chi connectivity index (χ4v) is 2.68. The van der Waals surface area contributed by atoms with Crippen molar-refractivity contribution in [3.63, 3.8) is 0 Å². The molecule has 0 saturated heterocycles. The van der Waals surface area contributed by atoms with Crippen LogP contribution in [0.25, 0.3) is 0 Å². The zero-order chi connectivity index (χ0) is 16.2. The van der Waals surface area contributed by atoms with Gasteiger partial charge in [-0.3, -0.25) is 4.90 Å². The summed E-state index contributed by atoms with van der Waals surface area (Å²) in [6, 6.07) is 8.92. The molecule has 0 amide bonds. The number of rotatable bonds is 5. The number of ether oxygens (including phenoxy) is 1. The van der Waals surface area contributed by atoms with E-state index in [4.69, 9.17) is 10.00 Å². The summed E-state index contributed by atoms with van der Waals surface area (Å²) in [6.07, 6.45) is -0.582. The van der Waals surface area contributed by atoms with E-state index in [2.05, 4.69) is 25.7 Å². The molecule has 2 heterocycles. The SMILES string of the molecule is Cc1nnc2n1CCN(C[C@H](O)COc1ccc(C#N)cc1)C2. The summed E-state index contributed by atoms with van der Waals surface area (Å²) in [5.41, 5.74) is 0.589. The summed E-state index contributed by atoms with van der Waals surface area (Å²) < 4.78 is 7.67. The zero-order valence-corrected chi connectivity index (χ0v) is 13.0. The molecule has 0 aliphatic carbocycles. The van der Waals surface area contributed by atoms with E-state index in [9.17, 15) is 5.11 Å². The number of fused-ring (bicyclic) bond motifs is 1. The van der Waals surface area contributed by atoms with Crippen molar-refractivity contribution >= 4 is 0 Å². The molecular weight excluding hydrogens is 294 g/mol. The zero-order valence-electron chi connectivity index (χ0n) is 13.0. The minimum absolute atomic E-state index is 0.216. The van der Waals surface area contributed by atoms with Gasteiger partial charge in [0.05, 0.1) is 18.2 Å². The Balaban J connectivity index is 1.48. The molecule has 2 aromatic rings. The molecule has 0 spiro atoms. The molecule has 120 valence electrons. The highest BCUT2D eigenvalue weighted by atomic mass is 16.5. The van der Waals surface area contributed by atoms with Crippen LogP contribution in [0.3, 0.4) is 0 Å². The highest BCUT2D eigenvalue weighted by Crippen LogP contribution is 2.14. The number of aliphatic hydroxyl groups is 1. The molecule has 0 unspecified atom stereocenters. The molecule has 3 rings (SSSR count). The van der Waals surface area contributed by atoms with Crippen molar-refractivity contribution in [2.24, 2.45) is 0 Å². The quantitative estimate of drug-likeness (QED) is 0.875. The lowest BCUT2D eigenvalue weighted by atomic mass is 10.2. The average Bonchev–Trinajstić information content (AvgIpc) is 2.94. The number of nitriles is 1. The molecule has 0 bridgehead atoms. The molecule has 23 heavy (non-hydrogen) atoms. The van der Waals surface area contributed by atoms with Gasteiger partial charge >= 0.3 is 0 Å². The summed E-state index contributed by atoms with van der Waals surface area (Å²) in [5.74, 6) is 2.52. The Hall–Kier alpha value is -2.43. The van der Waals surface area contributed by atoms with Crippen LogP contribution in [-0.2, 0) is 13.1 Å². The molecule has 0 saturated carbocycles. The van der Waals surface area contributed by atoms with Gasteiger partial charge in [0.25, 0.3) is 0 Å². The summed E-state index contributed by atoms with van der Waals surface area (Å²) in [7, 11) is 0. The highest BCUT2D eigenvalue weighted by molar-refractivity contribution is 5.34. The first-order chi connectivity index (χ1) is 11.2. The van der Waals surface area contributed by atoms with Gasteiger partial charge in [-0.15, -0.1) is 10.2 Å². The molecule has 0 radical (unpaired) electrons. The minimum atomic E-state index is -0.582. The van der Waals surface area contributed by atoms with E-state index in [1.807, 2.05) is 6.92 Å². The summed E-state index contributed by atoms with van der Waals surface area (Å²) in [4.78, 5) is 2.15. The van der Waals surface area contributed by atoms with Crippen molar-refractivity contribution in [2.45, 2.75) is 26.1 Å². The molecule has 7 heteroatoms. The van der Waals surface area contributed by atoms with Crippen LogP contribution >= 0.6 is 0 Å². The molecule has 7 nitrogen and oxygen atoms in total. The van der Waals surface area contributed by atoms with E-state index in [1.165, 1.54) is 0 Å². The van der Waals surface area contributed by atoms with Gasteiger partial charge in [0, 0.05) is 19.6 Å². The van der Waals surface area contributed by atoms with Crippen molar-refractivity contribution in [1.29, 1.82) is 5.26 Å². The smallest absolute Gasteiger partial charge is 0.147 e.